The molecule has 4 heteroatoms. The topological polar surface area (TPSA) is 47.6 Å². The van der Waals surface area contributed by atoms with Gasteiger partial charge in [0.2, 0.25) is 0 Å². The van der Waals surface area contributed by atoms with Gasteiger partial charge in [0.05, 0.1) is 12.3 Å². The Morgan fingerprint density at radius 3 is 2.40 bits per heavy atom. The van der Waals surface area contributed by atoms with Crippen LogP contribution in [-0.4, -0.2) is 19.1 Å². The molecule has 134 valence electrons. The SMILES string of the molecule is CCCCOc1ccccc1NC(=O)COc1ccccc1C(C)C. The summed E-state index contributed by atoms with van der Waals surface area (Å²) in [6.45, 7) is 6.93. The molecule has 25 heavy (non-hydrogen) atoms. The zero-order chi connectivity index (χ0) is 18.1. The number of anilines is 1. The number of rotatable bonds is 9. The Labute approximate surface area is 150 Å². The van der Waals surface area contributed by atoms with Crippen LogP contribution < -0.4 is 14.8 Å². The summed E-state index contributed by atoms with van der Waals surface area (Å²) in [5, 5.41) is 2.87. The molecule has 0 unspecified atom stereocenters. The van der Waals surface area contributed by atoms with E-state index in [9.17, 15) is 4.79 Å². The van der Waals surface area contributed by atoms with E-state index >= 15 is 0 Å². The maximum atomic E-state index is 12.3. The third-order valence-electron chi connectivity index (χ3n) is 3.82. The van der Waals surface area contributed by atoms with Crippen molar-refractivity contribution in [3.63, 3.8) is 0 Å². The predicted molar refractivity (Wildman–Crippen MR) is 102 cm³/mol. The lowest BCUT2D eigenvalue weighted by Crippen LogP contribution is -2.21. The van der Waals surface area contributed by atoms with Crippen LogP contribution in [0.3, 0.4) is 0 Å². The number of ether oxygens (including phenoxy) is 2. The summed E-state index contributed by atoms with van der Waals surface area (Å²) >= 11 is 0. The average molecular weight is 341 g/mol. The fourth-order valence-corrected chi connectivity index (χ4v) is 2.44. The Bertz CT molecular complexity index is 682. The molecule has 0 aliphatic heterocycles. The number of benzene rings is 2. The van der Waals surface area contributed by atoms with Crippen LogP contribution in [0.1, 0.15) is 45.1 Å². The summed E-state index contributed by atoms with van der Waals surface area (Å²) in [7, 11) is 0. The van der Waals surface area contributed by atoms with Crippen LogP contribution in [0.15, 0.2) is 48.5 Å². The molecular weight excluding hydrogens is 314 g/mol. The summed E-state index contributed by atoms with van der Waals surface area (Å²) < 4.78 is 11.5. The number of hydrogen-bond acceptors (Lipinski definition) is 3. The van der Waals surface area contributed by atoms with Crippen molar-refractivity contribution in [2.45, 2.75) is 39.5 Å². The molecule has 0 spiro atoms. The Hall–Kier alpha value is -2.49. The molecule has 2 rings (SSSR count). The number of carbonyl (C=O) groups is 1. The molecule has 0 radical (unpaired) electrons. The first-order valence-electron chi connectivity index (χ1n) is 8.85. The number of amides is 1. The first-order valence-corrected chi connectivity index (χ1v) is 8.85. The van der Waals surface area contributed by atoms with Crippen LogP contribution in [0, 0.1) is 0 Å². The van der Waals surface area contributed by atoms with Crippen molar-refractivity contribution in [2.75, 3.05) is 18.5 Å². The monoisotopic (exact) mass is 341 g/mol. The van der Waals surface area contributed by atoms with Gasteiger partial charge in [0.25, 0.3) is 5.91 Å². The molecule has 4 nitrogen and oxygen atoms in total. The predicted octanol–water partition coefficient (Wildman–Crippen LogP) is 5.01. The summed E-state index contributed by atoms with van der Waals surface area (Å²) in [6.07, 6.45) is 2.05. The summed E-state index contributed by atoms with van der Waals surface area (Å²) in [6, 6.07) is 15.3. The van der Waals surface area contributed by atoms with Crippen LogP contribution >= 0.6 is 0 Å². The first kappa shape index (κ1) is 18.8. The minimum Gasteiger partial charge on any atom is -0.491 e. The van der Waals surface area contributed by atoms with Crippen LogP contribution in [0.25, 0.3) is 0 Å². The van der Waals surface area contributed by atoms with Gasteiger partial charge in [0.15, 0.2) is 6.61 Å². The molecule has 1 amide bonds. The third-order valence-corrected chi connectivity index (χ3v) is 3.82. The van der Waals surface area contributed by atoms with Gasteiger partial charge in [0, 0.05) is 0 Å². The van der Waals surface area contributed by atoms with E-state index in [2.05, 4.69) is 26.1 Å². The quantitative estimate of drug-likeness (QED) is 0.652. The normalized spacial score (nSPS) is 10.6. The molecule has 0 heterocycles. The number of nitrogens with one attached hydrogen (secondary N) is 1. The van der Waals surface area contributed by atoms with Crippen molar-refractivity contribution < 1.29 is 14.3 Å². The standard InChI is InChI=1S/C21H27NO3/c1-4-5-14-24-20-13-9-7-11-18(20)22-21(23)15-25-19-12-8-6-10-17(19)16(2)3/h6-13,16H,4-5,14-15H2,1-3H3,(H,22,23). The molecule has 0 aromatic heterocycles. The van der Waals surface area contributed by atoms with Gasteiger partial charge in [-0.1, -0.05) is 57.5 Å². The van der Waals surface area contributed by atoms with Crippen LogP contribution in [0.5, 0.6) is 11.5 Å². The fourth-order valence-electron chi connectivity index (χ4n) is 2.44. The molecule has 0 atom stereocenters. The molecule has 2 aromatic carbocycles. The molecule has 0 bridgehead atoms. The molecule has 0 saturated carbocycles. The third kappa shape index (κ3) is 5.82. The Morgan fingerprint density at radius 2 is 1.68 bits per heavy atom. The lowest BCUT2D eigenvalue weighted by atomic mass is 10.0. The van der Waals surface area contributed by atoms with Gasteiger partial charge >= 0.3 is 0 Å². The molecule has 0 saturated heterocycles. The molecule has 0 fully saturated rings. The lowest BCUT2D eigenvalue weighted by Gasteiger charge is -2.15. The fraction of sp³-hybridized carbons (Fsp3) is 0.381. The van der Waals surface area contributed by atoms with Gasteiger partial charge in [-0.3, -0.25) is 4.79 Å². The highest BCUT2D eigenvalue weighted by molar-refractivity contribution is 5.93. The van der Waals surface area contributed by atoms with E-state index in [-0.39, 0.29) is 12.5 Å². The zero-order valence-corrected chi connectivity index (χ0v) is 15.2. The van der Waals surface area contributed by atoms with Crippen molar-refractivity contribution >= 4 is 11.6 Å². The highest BCUT2D eigenvalue weighted by atomic mass is 16.5. The smallest absolute Gasteiger partial charge is 0.262 e. The molecule has 0 aliphatic carbocycles. The van der Waals surface area contributed by atoms with Crippen molar-refractivity contribution in [1.82, 2.24) is 0 Å². The second kappa shape index (κ2) is 9.72. The highest BCUT2D eigenvalue weighted by Gasteiger charge is 2.11. The number of unbranched alkanes of at least 4 members (excludes halogenated alkanes) is 1. The van der Waals surface area contributed by atoms with Crippen LogP contribution in [0.4, 0.5) is 5.69 Å². The lowest BCUT2D eigenvalue weighted by molar-refractivity contribution is -0.118. The summed E-state index contributed by atoms with van der Waals surface area (Å²) in [4.78, 5) is 12.3. The molecule has 0 aliphatic rings. The van der Waals surface area contributed by atoms with E-state index < -0.39 is 0 Å². The summed E-state index contributed by atoms with van der Waals surface area (Å²) in [5.41, 5.74) is 1.77. The number of carbonyl (C=O) groups excluding carboxylic acids is 1. The summed E-state index contributed by atoms with van der Waals surface area (Å²) in [5.74, 6) is 1.57. The van der Waals surface area contributed by atoms with E-state index in [0.29, 0.717) is 24.0 Å². The minimum atomic E-state index is -0.204. The van der Waals surface area contributed by atoms with Gasteiger partial charge in [-0.05, 0) is 36.1 Å². The largest absolute Gasteiger partial charge is 0.491 e. The van der Waals surface area contributed by atoms with Crippen molar-refractivity contribution in [2.24, 2.45) is 0 Å². The highest BCUT2D eigenvalue weighted by Crippen LogP contribution is 2.26. The van der Waals surface area contributed by atoms with Gasteiger partial charge in [-0.15, -0.1) is 0 Å². The average Bonchev–Trinajstić information content (AvgIpc) is 2.62. The van der Waals surface area contributed by atoms with Crippen molar-refractivity contribution in [3.05, 3.63) is 54.1 Å². The van der Waals surface area contributed by atoms with Crippen molar-refractivity contribution in [1.29, 1.82) is 0 Å². The van der Waals surface area contributed by atoms with E-state index in [1.165, 1.54) is 0 Å². The van der Waals surface area contributed by atoms with Crippen molar-refractivity contribution in [3.8, 4) is 11.5 Å². The van der Waals surface area contributed by atoms with E-state index in [4.69, 9.17) is 9.47 Å². The zero-order valence-electron chi connectivity index (χ0n) is 15.2. The second-order valence-corrected chi connectivity index (χ2v) is 6.23. The second-order valence-electron chi connectivity index (χ2n) is 6.23. The minimum absolute atomic E-state index is 0.0347. The Kier molecular flexibility index (Phi) is 7.33. The molecule has 1 N–H and O–H groups in total. The van der Waals surface area contributed by atoms with Gasteiger partial charge in [-0.2, -0.15) is 0 Å². The van der Waals surface area contributed by atoms with E-state index in [1.54, 1.807) is 0 Å². The van der Waals surface area contributed by atoms with Gasteiger partial charge in [-0.25, -0.2) is 0 Å². The van der Waals surface area contributed by atoms with Gasteiger partial charge < -0.3 is 14.8 Å². The van der Waals surface area contributed by atoms with E-state index in [1.807, 2.05) is 48.5 Å². The maximum Gasteiger partial charge on any atom is 0.262 e. The maximum absolute atomic E-state index is 12.3. The number of hydrogen-bond donors (Lipinski definition) is 1. The van der Waals surface area contributed by atoms with E-state index in [0.717, 1.165) is 24.2 Å². The molecule has 2 aromatic rings. The van der Waals surface area contributed by atoms with Crippen LogP contribution in [0.2, 0.25) is 0 Å². The van der Waals surface area contributed by atoms with Gasteiger partial charge in [0.1, 0.15) is 11.5 Å². The Balaban J connectivity index is 1.95. The van der Waals surface area contributed by atoms with Crippen LogP contribution in [-0.2, 0) is 4.79 Å². The number of para-hydroxylation sites is 3. The first-order chi connectivity index (χ1) is 12.1. The Morgan fingerprint density at radius 1 is 1.00 bits per heavy atom. The molecular formula is C21H27NO3.